The number of nitrogens with one attached hydrogen (secondary N) is 1. The number of sulfonamides is 1. The summed E-state index contributed by atoms with van der Waals surface area (Å²) in [6.45, 7) is 3.07. The molecule has 24 heavy (non-hydrogen) atoms. The maximum atomic E-state index is 12.7. The van der Waals surface area contributed by atoms with E-state index in [1.54, 1.807) is 29.5 Å². The van der Waals surface area contributed by atoms with Gasteiger partial charge in [-0.15, -0.1) is 0 Å². The fourth-order valence-electron chi connectivity index (χ4n) is 3.18. The van der Waals surface area contributed by atoms with Crippen molar-refractivity contribution in [3.05, 3.63) is 46.2 Å². The van der Waals surface area contributed by atoms with E-state index in [9.17, 15) is 8.42 Å². The van der Waals surface area contributed by atoms with Crippen LogP contribution in [0.4, 0.5) is 0 Å². The number of hydrogen-bond donors (Lipinski definition) is 1. The molecule has 1 saturated heterocycles. The summed E-state index contributed by atoms with van der Waals surface area (Å²) in [6, 6.07) is 7.29. The lowest BCUT2D eigenvalue weighted by molar-refractivity contribution is 0.120. The number of rotatable bonds is 6. The first-order valence-electron chi connectivity index (χ1n) is 8.15. The van der Waals surface area contributed by atoms with Gasteiger partial charge in [0.05, 0.1) is 11.5 Å². The third kappa shape index (κ3) is 3.09. The molecule has 0 amide bonds. The van der Waals surface area contributed by atoms with Gasteiger partial charge in [0.1, 0.15) is 5.75 Å². The van der Waals surface area contributed by atoms with Gasteiger partial charge >= 0.3 is 0 Å². The van der Waals surface area contributed by atoms with Crippen molar-refractivity contribution in [2.45, 2.75) is 23.8 Å². The zero-order valence-electron chi connectivity index (χ0n) is 13.3. The molecule has 2 aliphatic rings. The van der Waals surface area contributed by atoms with Crippen molar-refractivity contribution in [2.24, 2.45) is 0 Å². The predicted octanol–water partition coefficient (Wildman–Crippen LogP) is 2.41. The maximum absolute atomic E-state index is 12.7. The molecule has 4 rings (SSSR count). The van der Waals surface area contributed by atoms with Gasteiger partial charge in [-0.2, -0.15) is 11.3 Å². The Morgan fingerprint density at radius 3 is 2.88 bits per heavy atom. The Labute approximate surface area is 146 Å². The summed E-state index contributed by atoms with van der Waals surface area (Å²) >= 11 is 1.65. The van der Waals surface area contributed by atoms with E-state index in [2.05, 4.69) is 21.1 Å². The molecule has 2 aromatic rings. The Balaban J connectivity index is 1.51. The van der Waals surface area contributed by atoms with Crippen molar-refractivity contribution in [2.75, 3.05) is 26.2 Å². The van der Waals surface area contributed by atoms with Crippen LogP contribution >= 0.6 is 11.3 Å². The minimum absolute atomic E-state index is 0.109. The number of nitrogens with zero attached hydrogens (tertiary/aromatic N) is 1. The highest BCUT2D eigenvalue weighted by atomic mass is 32.2. The first-order valence-corrected chi connectivity index (χ1v) is 10.6. The molecule has 0 aliphatic carbocycles. The minimum atomic E-state index is -3.51. The monoisotopic (exact) mass is 364 g/mol. The zero-order valence-corrected chi connectivity index (χ0v) is 14.9. The second kappa shape index (κ2) is 6.48. The van der Waals surface area contributed by atoms with Crippen molar-refractivity contribution < 1.29 is 13.2 Å². The molecule has 7 heteroatoms. The van der Waals surface area contributed by atoms with Gasteiger partial charge in [0, 0.05) is 32.1 Å². The van der Waals surface area contributed by atoms with Crippen LogP contribution in [0.3, 0.4) is 0 Å². The molecule has 2 aliphatic heterocycles. The fourth-order valence-corrected chi connectivity index (χ4v) is 4.97. The van der Waals surface area contributed by atoms with E-state index in [4.69, 9.17) is 4.74 Å². The third-order valence-corrected chi connectivity index (χ3v) is 6.82. The molecule has 0 spiro atoms. The normalized spacial score (nSPS) is 18.7. The van der Waals surface area contributed by atoms with Crippen LogP contribution in [-0.4, -0.2) is 39.6 Å². The van der Waals surface area contributed by atoms with Gasteiger partial charge in [0.25, 0.3) is 0 Å². The van der Waals surface area contributed by atoms with E-state index in [-0.39, 0.29) is 6.04 Å². The van der Waals surface area contributed by atoms with Gasteiger partial charge in [0.2, 0.25) is 10.0 Å². The average molecular weight is 364 g/mol. The van der Waals surface area contributed by atoms with E-state index < -0.39 is 10.0 Å². The smallest absolute Gasteiger partial charge is 0.240 e. The number of hydrogen-bond acceptors (Lipinski definition) is 5. The highest BCUT2D eigenvalue weighted by Gasteiger charge is 2.28. The lowest BCUT2D eigenvalue weighted by Gasteiger charge is -2.38. The van der Waals surface area contributed by atoms with Crippen molar-refractivity contribution in [3.63, 3.8) is 0 Å². The van der Waals surface area contributed by atoms with Crippen LogP contribution in [-0.2, 0) is 16.4 Å². The van der Waals surface area contributed by atoms with Gasteiger partial charge in [-0.3, -0.25) is 4.90 Å². The molecule has 1 unspecified atom stereocenters. The first kappa shape index (κ1) is 16.1. The van der Waals surface area contributed by atoms with Gasteiger partial charge in [-0.25, -0.2) is 13.1 Å². The van der Waals surface area contributed by atoms with Crippen LogP contribution in [0.2, 0.25) is 0 Å². The van der Waals surface area contributed by atoms with Gasteiger partial charge < -0.3 is 4.74 Å². The summed E-state index contributed by atoms with van der Waals surface area (Å²) in [5.74, 6) is 0.797. The van der Waals surface area contributed by atoms with Crippen LogP contribution in [0.5, 0.6) is 5.75 Å². The van der Waals surface area contributed by atoms with Crippen molar-refractivity contribution >= 4 is 21.4 Å². The van der Waals surface area contributed by atoms with Crippen molar-refractivity contribution in [1.82, 2.24) is 9.62 Å². The van der Waals surface area contributed by atoms with E-state index >= 15 is 0 Å². The predicted molar refractivity (Wildman–Crippen MR) is 94.1 cm³/mol. The molecule has 1 atom stereocenters. The summed E-state index contributed by atoms with van der Waals surface area (Å²) in [7, 11) is -3.51. The number of benzene rings is 1. The van der Waals surface area contributed by atoms with Gasteiger partial charge in [-0.05, 0) is 52.6 Å². The van der Waals surface area contributed by atoms with Crippen LogP contribution in [0.15, 0.2) is 39.9 Å². The van der Waals surface area contributed by atoms with Crippen LogP contribution < -0.4 is 9.46 Å². The van der Waals surface area contributed by atoms with Gasteiger partial charge in [0.15, 0.2) is 0 Å². The Morgan fingerprint density at radius 2 is 2.17 bits per heavy atom. The molecule has 5 nitrogen and oxygen atoms in total. The van der Waals surface area contributed by atoms with Crippen LogP contribution in [0.1, 0.15) is 23.6 Å². The highest BCUT2D eigenvalue weighted by molar-refractivity contribution is 7.89. The topological polar surface area (TPSA) is 58.6 Å². The van der Waals surface area contributed by atoms with Crippen molar-refractivity contribution in [3.8, 4) is 5.75 Å². The summed E-state index contributed by atoms with van der Waals surface area (Å²) in [4.78, 5) is 2.64. The molecular formula is C17H20N2O3S2. The average Bonchev–Trinajstić information content (AvgIpc) is 3.19. The zero-order chi connectivity index (χ0) is 16.6. The molecule has 1 aromatic carbocycles. The fraction of sp³-hybridized carbons (Fsp3) is 0.412. The summed E-state index contributed by atoms with van der Waals surface area (Å²) in [5.41, 5.74) is 2.15. The van der Waals surface area contributed by atoms with E-state index in [0.29, 0.717) is 18.0 Å². The molecule has 1 fully saturated rings. The Hall–Kier alpha value is -1.41. The number of thiophene rings is 1. The molecule has 0 radical (unpaired) electrons. The molecular weight excluding hydrogens is 344 g/mol. The highest BCUT2D eigenvalue weighted by Crippen LogP contribution is 2.29. The Kier molecular flexibility index (Phi) is 4.34. The van der Waals surface area contributed by atoms with Crippen molar-refractivity contribution in [1.29, 1.82) is 0 Å². The van der Waals surface area contributed by atoms with E-state index in [1.807, 2.05) is 5.38 Å². The summed E-state index contributed by atoms with van der Waals surface area (Å²) in [6.07, 6.45) is 1.95. The minimum Gasteiger partial charge on any atom is -0.493 e. The van der Waals surface area contributed by atoms with Crippen LogP contribution in [0.25, 0.3) is 0 Å². The molecule has 1 N–H and O–H groups in total. The van der Waals surface area contributed by atoms with E-state index in [1.165, 1.54) is 12.0 Å². The molecule has 3 heterocycles. The lowest BCUT2D eigenvalue weighted by atomic mass is 10.1. The second-order valence-electron chi connectivity index (χ2n) is 6.18. The third-order valence-electron chi connectivity index (χ3n) is 4.70. The summed E-state index contributed by atoms with van der Waals surface area (Å²) in [5, 5.41) is 4.14. The maximum Gasteiger partial charge on any atom is 0.240 e. The standard InChI is InChI=1S/C17H20N2O3S2/c20-24(21,15-2-3-17-13(10-15)4-8-22-17)18-11-16(19-6-1-7-19)14-5-9-23-12-14/h2-3,5,9-10,12,16,18H,1,4,6-8,11H2. The van der Waals surface area contributed by atoms with E-state index in [0.717, 1.165) is 30.8 Å². The SMILES string of the molecule is O=S(=O)(NCC(c1ccsc1)N1CCC1)c1ccc2c(c1)CCO2. The largest absolute Gasteiger partial charge is 0.493 e. The lowest BCUT2D eigenvalue weighted by Crippen LogP contribution is -2.44. The summed E-state index contributed by atoms with van der Waals surface area (Å²) < 4.78 is 33.6. The number of ether oxygens (including phenoxy) is 1. The number of likely N-dealkylation sites (tertiary alicyclic amines) is 1. The second-order valence-corrected chi connectivity index (χ2v) is 8.73. The quantitative estimate of drug-likeness (QED) is 0.855. The molecule has 128 valence electrons. The number of fused-ring (bicyclic) bond motifs is 1. The molecule has 0 bridgehead atoms. The Bertz CT molecular complexity index is 814. The molecule has 0 saturated carbocycles. The first-order chi connectivity index (χ1) is 11.6. The van der Waals surface area contributed by atoms with Gasteiger partial charge in [-0.1, -0.05) is 0 Å². The Morgan fingerprint density at radius 1 is 1.29 bits per heavy atom. The van der Waals surface area contributed by atoms with Crippen LogP contribution in [0, 0.1) is 0 Å². The molecule has 1 aromatic heterocycles.